The van der Waals surface area contributed by atoms with Gasteiger partial charge in [0.05, 0.1) is 17.2 Å². The fraction of sp³-hybridized carbons (Fsp3) is 0.556. The smallest absolute Gasteiger partial charge is 0.263 e. The quantitative estimate of drug-likeness (QED) is 0.782. The molecule has 2 aromatic rings. The van der Waals surface area contributed by atoms with Crippen LogP contribution in [0.4, 0.5) is 5.82 Å². The van der Waals surface area contributed by atoms with E-state index in [1.807, 2.05) is 26.8 Å². The Kier molecular flexibility index (Phi) is 6.03. The summed E-state index contributed by atoms with van der Waals surface area (Å²) >= 11 is 1.41. The molecule has 2 aromatic heterocycles. The molecule has 0 aliphatic carbocycles. The number of anilines is 1. The van der Waals surface area contributed by atoms with Crippen molar-refractivity contribution in [2.45, 2.75) is 40.0 Å². The average Bonchev–Trinajstić information content (AvgIpc) is 2.97. The number of piperidine rings is 1. The topological polar surface area (TPSA) is 80.2 Å². The number of amides is 1. The Morgan fingerprint density at radius 2 is 1.96 bits per heavy atom. The lowest BCUT2D eigenvalue weighted by Gasteiger charge is -2.28. The standard InChI is InChI=1S/C18H25N5O2S/c1-12-17(26-14(3)20-12)18(24)19-7-10-25-16-11-15(21-13(2)22-16)23-8-5-4-6-9-23/h11H,4-10H2,1-3H3,(H,19,24). The molecule has 140 valence electrons. The highest BCUT2D eigenvalue weighted by atomic mass is 32.1. The molecule has 8 heteroatoms. The van der Waals surface area contributed by atoms with E-state index in [0.717, 1.165) is 29.6 Å². The number of rotatable bonds is 6. The van der Waals surface area contributed by atoms with Crippen molar-refractivity contribution in [1.82, 2.24) is 20.3 Å². The number of nitrogens with one attached hydrogen (secondary N) is 1. The number of aryl methyl sites for hydroxylation is 3. The van der Waals surface area contributed by atoms with Crippen LogP contribution in [0.3, 0.4) is 0 Å². The maximum atomic E-state index is 12.2. The predicted octanol–water partition coefficient (Wildman–Crippen LogP) is 2.66. The van der Waals surface area contributed by atoms with Gasteiger partial charge in [0.25, 0.3) is 5.91 Å². The predicted molar refractivity (Wildman–Crippen MR) is 102 cm³/mol. The third-order valence-electron chi connectivity index (χ3n) is 4.23. The normalized spacial score (nSPS) is 14.3. The van der Waals surface area contributed by atoms with Crippen molar-refractivity contribution in [3.8, 4) is 5.88 Å². The maximum absolute atomic E-state index is 12.2. The van der Waals surface area contributed by atoms with E-state index >= 15 is 0 Å². The van der Waals surface area contributed by atoms with E-state index in [0.29, 0.717) is 29.7 Å². The molecule has 0 atom stereocenters. The molecule has 0 bridgehead atoms. The SMILES string of the molecule is Cc1nc(OCCNC(=O)c2sc(C)nc2C)cc(N2CCCCC2)n1. The molecule has 0 aromatic carbocycles. The minimum Gasteiger partial charge on any atom is -0.476 e. The average molecular weight is 375 g/mol. The maximum Gasteiger partial charge on any atom is 0.263 e. The first-order chi connectivity index (χ1) is 12.5. The van der Waals surface area contributed by atoms with Gasteiger partial charge in [-0.1, -0.05) is 0 Å². The lowest BCUT2D eigenvalue weighted by Crippen LogP contribution is -2.30. The Morgan fingerprint density at radius 3 is 2.65 bits per heavy atom. The molecule has 0 unspecified atom stereocenters. The molecule has 0 saturated carbocycles. The van der Waals surface area contributed by atoms with E-state index in [1.165, 1.54) is 30.6 Å². The van der Waals surface area contributed by atoms with Gasteiger partial charge in [-0.15, -0.1) is 11.3 Å². The van der Waals surface area contributed by atoms with Gasteiger partial charge in [0.2, 0.25) is 5.88 Å². The zero-order valence-corrected chi connectivity index (χ0v) is 16.4. The number of carbonyl (C=O) groups excluding carboxylic acids is 1. The molecular formula is C18H25N5O2S. The number of nitrogens with zero attached hydrogens (tertiary/aromatic N) is 4. The van der Waals surface area contributed by atoms with Gasteiger partial charge in [0, 0.05) is 19.2 Å². The summed E-state index contributed by atoms with van der Waals surface area (Å²) in [7, 11) is 0. The van der Waals surface area contributed by atoms with Crippen molar-refractivity contribution < 1.29 is 9.53 Å². The van der Waals surface area contributed by atoms with Gasteiger partial charge in [-0.25, -0.2) is 9.97 Å². The van der Waals surface area contributed by atoms with Crippen LogP contribution in [0.1, 0.15) is 45.5 Å². The zero-order chi connectivity index (χ0) is 18.5. The summed E-state index contributed by atoms with van der Waals surface area (Å²) < 4.78 is 5.74. The highest BCUT2D eigenvalue weighted by molar-refractivity contribution is 7.13. The number of hydrogen-bond acceptors (Lipinski definition) is 7. The van der Waals surface area contributed by atoms with Gasteiger partial charge >= 0.3 is 0 Å². The third-order valence-corrected chi connectivity index (χ3v) is 5.30. The van der Waals surface area contributed by atoms with E-state index in [4.69, 9.17) is 4.74 Å². The third kappa shape index (κ3) is 4.69. The van der Waals surface area contributed by atoms with Crippen LogP contribution in [-0.4, -0.2) is 47.1 Å². The molecule has 3 heterocycles. The fourth-order valence-corrected chi connectivity index (χ4v) is 3.86. The second-order valence-corrected chi connectivity index (χ2v) is 7.61. The molecule has 7 nitrogen and oxygen atoms in total. The number of thiazole rings is 1. The zero-order valence-electron chi connectivity index (χ0n) is 15.5. The van der Waals surface area contributed by atoms with Crippen LogP contribution in [0.15, 0.2) is 6.07 Å². The van der Waals surface area contributed by atoms with Gasteiger partial charge in [-0.2, -0.15) is 4.98 Å². The van der Waals surface area contributed by atoms with Crippen LogP contribution in [0, 0.1) is 20.8 Å². The largest absolute Gasteiger partial charge is 0.476 e. The molecule has 1 amide bonds. The van der Waals surface area contributed by atoms with Gasteiger partial charge in [0.15, 0.2) is 0 Å². The second kappa shape index (κ2) is 8.44. The van der Waals surface area contributed by atoms with Crippen LogP contribution in [0.2, 0.25) is 0 Å². The molecule has 26 heavy (non-hydrogen) atoms. The molecule has 1 saturated heterocycles. The highest BCUT2D eigenvalue weighted by Gasteiger charge is 2.15. The number of ether oxygens (including phenoxy) is 1. The lowest BCUT2D eigenvalue weighted by atomic mass is 10.1. The minimum atomic E-state index is -0.107. The summed E-state index contributed by atoms with van der Waals surface area (Å²) in [4.78, 5) is 28.3. The van der Waals surface area contributed by atoms with Crippen LogP contribution in [0.25, 0.3) is 0 Å². The monoisotopic (exact) mass is 375 g/mol. The summed E-state index contributed by atoms with van der Waals surface area (Å²) in [6, 6.07) is 1.89. The van der Waals surface area contributed by atoms with Crippen LogP contribution in [-0.2, 0) is 0 Å². The first kappa shape index (κ1) is 18.6. The van der Waals surface area contributed by atoms with Gasteiger partial charge in [-0.3, -0.25) is 4.79 Å². The van der Waals surface area contributed by atoms with E-state index in [9.17, 15) is 4.79 Å². The van der Waals surface area contributed by atoms with E-state index in [1.54, 1.807) is 0 Å². The van der Waals surface area contributed by atoms with Gasteiger partial charge in [0.1, 0.15) is 23.1 Å². The summed E-state index contributed by atoms with van der Waals surface area (Å²) in [6.45, 7) is 8.45. The van der Waals surface area contributed by atoms with E-state index in [-0.39, 0.29) is 5.91 Å². The lowest BCUT2D eigenvalue weighted by molar-refractivity contribution is 0.0950. The number of carbonyl (C=O) groups is 1. The Balaban J connectivity index is 1.52. The van der Waals surface area contributed by atoms with Crippen LogP contribution in [0.5, 0.6) is 5.88 Å². The van der Waals surface area contributed by atoms with E-state index in [2.05, 4.69) is 25.2 Å². The minimum absolute atomic E-state index is 0.107. The summed E-state index contributed by atoms with van der Waals surface area (Å²) in [6.07, 6.45) is 3.67. The molecule has 0 spiro atoms. The van der Waals surface area contributed by atoms with Crippen molar-refractivity contribution >= 4 is 23.1 Å². The molecule has 1 N–H and O–H groups in total. The Labute approximate surface area is 157 Å². The van der Waals surface area contributed by atoms with Crippen LogP contribution >= 0.6 is 11.3 Å². The van der Waals surface area contributed by atoms with Crippen molar-refractivity contribution in [3.05, 3.63) is 27.5 Å². The fourth-order valence-electron chi connectivity index (χ4n) is 3.03. The van der Waals surface area contributed by atoms with Crippen molar-refractivity contribution in [1.29, 1.82) is 0 Å². The van der Waals surface area contributed by atoms with E-state index < -0.39 is 0 Å². The van der Waals surface area contributed by atoms with Crippen molar-refractivity contribution in [2.24, 2.45) is 0 Å². The second-order valence-electron chi connectivity index (χ2n) is 6.41. The first-order valence-electron chi connectivity index (χ1n) is 8.98. The van der Waals surface area contributed by atoms with Gasteiger partial charge < -0.3 is 15.0 Å². The van der Waals surface area contributed by atoms with Gasteiger partial charge in [-0.05, 0) is 40.0 Å². The van der Waals surface area contributed by atoms with Crippen molar-refractivity contribution in [2.75, 3.05) is 31.1 Å². The first-order valence-corrected chi connectivity index (χ1v) is 9.80. The Morgan fingerprint density at radius 1 is 1.19 bits per heavy atom. The van der Waals surface area contributed by atoms with Crippen LogP contribution < -0.4 is 15.0 Å². The summed E-state index contributed by atoms with van der Waals surface area (Å²) in [5, 5.41) is 3.76. The summed E-state index contributed by atoms with van der Waals surface area (Å²) in [5.74, 6) is 2.07. The summed E-state index contributed by atoms with van der Waals surface area (Å²) in [5.41, 5.74) is 0.767. The molecule has 1 aliphatic heterocycles. The molecule has 1 aliphatic rings. The molecule has 1 fully saturated rings. The molecule has 3 rings (SSSR count). The highest BCUT2D eigenvalue weighted by Crippen LogP contribution is 2.21. The number of aromatic nitrogens is 3. The Bertz CT molecular complexity index is 771. The molecular weight excluding hydrogens is 350 g/mol. The number of hydrogen-bond donors (Lipinski definition) is 1. The van der Waals surface area contributed by atoms with Crippen molar-refractivity contribution in [3.63, 3.8) is 0 Å². The Hall–Kier alpha value is -2.22. The molecule has 0 radical (unpaired) electrons.